The molecule has 4 rings (SSSR count). The van der Waals surface area contributed by atoms with Gasteiger partial charge in [-0.1, -0.05) is 29.2 Å². The summed E-state index contributed by atoms with van der Waals surface area (Å²) in [6, 6.07) is 12.8. The highest BCUT2D eigenvalue weighted by Gasteiger charge is 2.30. The van der Waals surface area contributed by atoms with Crippen LogP contribution in [0, 0.1) is 0 Å². The molecule has 1 aromatic heterocycles. The van der Waals surface area contributed by atoms with Crippen molar-refractivity contribution in [2.45, 2.75) is 51.5 Å². The number of hydrogen-bond acceptors (Lipinski definition) is 3. The Morgan fingerprint density at radius 2 is 2.00 bits per heavy atom. The van der Waals surface area contributed by atoms with Gasteiger partial charge in [-0.3, -0.25) is 9.79 Å². The van der Waals surface area contributed by atoms with Crippen LogP contribution in [0.2, 0.25) is 0 Å². The maximum absolute atomic E-state index is 12.0. The van der Waals surface area contributed by atoms with Crippen LogP contribution < -0.4 is 11.2 Å². The van der Waals surface area contributed by atoms with Crippen LogP contribution in [0.25, 0.3) is 21.2 Å². The number of hydrogen-bond donors (Lipinski definition) is 1. The van der Waals surface area contributed by atoms with E-state index in [4.69, 9.17) is 13.6 Å². The molecule has 1 aliphatic rings. The van der Waals surface area contributed by atoms with E-state index in [-0.39, 0.29) is 5.78 Å². The number of amidine groups is 1. The molecule has 0 unspecified atom stereocenters. The van der Waals surface area contributed by atoms with Crippen LogP contribution in [-0.2, 0) is 10.3 Å². The number of ketones is 1. The summed E-state index contributed by atoms with van der Waals surface area (Å²) in [7, 11) is 6.24. The lowest BCUT2D eigenvalue weighted by molar-refractivity contribution is -0.118. The number of carbonyl (C=O) groups is 1. The normalized spacial score (nSPS) is 16.7. The SMILES string of the molecule is [B]c1ccc(-c2cc([C@](C)(CC(C)=O)N=C(C)N)cc3ccsc23)cc1C1CC1. The van der Waals surface area contributed by atoms with Crippen LogP contribution in [0.4, 0.5) is 0 Å². The Morgan fingerprint density at radius 1 is 1.24 bits per heavy atom. The van der Waals surface area contributed by atoms with Gasteiger partial charge < -0.3 is 5.73 Å². The Balaban J connectivity index is 1.92. The number of fused-ring (bicyclic) bond motifs is 1. The summed E-state index contributed by atoms with van der Waals surface area (Å²) in [4.78, 5) is 16.7. The molecule has 0 bridgehead atoms. The van der Waals surface area contributed by atoms with Crippen molar-refractivity contribution in [3.63, 3.8) is 0 Å². The van der Waals surface area contributed by atoms with Gasteiger partial charge >= 0.3 is 0 Å². The van der Waals surface area contributed by atoms with Gasteiger partial charge in [0.2, 0.25) is 0 Å². The zero-order chi connectivity index (χ0) is 20.8. The minimum atomic E-state index is -0.692. The molecule has 5 heteroatoms. The maximum Gasteiger partial charge on any atom is 0.132 e. The lowest BCUT2D eigenvalue weighted by Gasteiger charge is -2.26. The van der Waals surface area contributed by atoms with Crippen LogP contribution >= 0.6 is 11.3 Å². The molecule has 0 aliphatic heterocycles. The molecule has 0 spiro atoms. The highest BCUT2D eigenvalue weighted by atomic mass is 32.1. The Bertz CT molecular complexity index is 1130. The van der Waals surface area contributed by atoms with Gasteiger partial charge in [0.25, 0.3) is 0 Å². The third kappa shape index (κ3) is 4.02. The van der Waals surface area contributed by atoms with Gasteiger partial charge in [-0.05, 0) is 85.2 Å². The summed E-state index contributed by atoms with van der Waals surface area (Å²) in [5, 5.41) is 3.27. The zero-order valence-electron chi connectivity index (χ0n) is 17.2. The Labute approximate surface area is 177 Å². The fourth-order valence-corrected chi connectivity index (χ4v) is 5.10. The average Bonchev–Trinajstić information content (AvgIpc) is 3.36. The Kier molecular flexibility index (Phi) is 5.11. The number of benzene rings is 2. The van der Waals surface area contributed by atoms with Crippen molar-refractivity contribution < 1.29 is 4.79 Å². The molecule has 3 nitrogen and oxygen atoms in total. The van der Waals surface area contributed by atoms with Crippen molar-refractivity contribution in [2.24, 2.45) is 10.7 Å². The topological polar surface area (TPSA) is 55.5 Å². The third-order valence-electron chi connectivity index (χ3n) is 5.60. The number of nitrogens with two attached hydrogens (primary N) is 1. The summed E-state index contributed by atoms with van der Waals surface area (Å²) in [6.45, 7) is 5.36. The molecule has 29 heavy (non-hydrogen) atoms. The Hall–Kier alpha value is -2.40. The van der Waals surface area contributed by atoms with Crippen LogP contribution in [0.5, 0.6) is 0 Å². The highest BCUT2D eigenvalue weighted by molar-refractivity contribution is 7.17. The van der Waals surface area contributed by atoms with Gasteiger partial charge in [0.15, 0.2) is 0 Å². The number of thiophene rings is 1. The first-order valence-corrected chi connectivity index (χ1v) is 10.9. The van der Waals surface area contributed by atoms with Gasteiger partial charge in [0.05, 0.1) is 11.4 Å². The molecule has 2 N–H and O–H groups in total. The molecule has 0 amide bonds. The van der Waals surface area contributed by atoms with Crippen LogP contribution in [0.3, 0.4) is 0 Å². The number of aliphatic imine (C=N–C) groups is 1. The molecule has 2 radical (unpaired) electrons. The van der Waals surface area contributed by atoms with Crippen LogP contribution in [0.15, 0.2) is 46.8 Å². The van der Waals surface area contributed by atoms with Crippen molar-refractivity contribution in [1.82, 2.24) is 0 Å². The first-order chi connectivity index (χ1) is 13.8. The molecule has 1 atom stereocenters. The van der Waals surface area contributed by atoms with Gasteiger partial charge in [0, 0.05) is 11.1 Å². The first-order valence-electron chi connectivity index (χ1n) is 10.00. The second-order valence-corrected chi connectivity index (χ2v) is 9.30. The van der Waals surface area contributed by atoms with Gasteiger partial charge in [-0.25, -0.2) is 0 Å². The Morgan fingerprint density at radius 3 is 2.66 bits per heavy atom. The predicted octanol–water partition coefficient (Wildman–Crippen LogP) is 4.81. The monoisotopic (exact) mass is 400 g/mol. The fraction of sp³-hybridized carbons (Fsp3) is 0.333. The van der Waals surface area contributed by atoms with E-state index < -0.39 is 5.54 Å². The predicted molar refractivity (Wildman–Crippen MR) is 125 cm³/mol. The molecule has 1 heterocycles. The quantitative estimate of drug-likeness (QED) is 0.367. The molecule has 146 valence electrons. The summed E-state index contributed by atoms with van der Waals surface area (Å²) in [6.07, 6.45) is 2.73. The van der Waals surface area contributed by atoms with E-state index in [0.29, 0.717) is 18.2 Å². The smallest absolute Gasteiger partial charge is 0.132 e. The van der Waals surface area contributed by atoms with Crippen molar-refractivity contribution >= 4 is 46.4 Å². The molecular formula is C24H25BN2OS. The maximum atomic E-state index is 12.0. The van der Waals surface area contributed by atoms with Crippen LogP contribution in [0.1, 0.15) is 57.1 Å². The molecule has 1 aliphatic carbocycles. The summed E-state index contributed by atoms with van der Waals surface area (Å²) >= 11 is 1.73. The minimum absolute atomic E-state index is 0.0907. The molecule has 3 aromatic rings. The standard InChI is InChI=1S/C24H25BN2OS/c1-14(28)13-24(3,27-15(2)26)19-10-18-8-9-29-23(18)21(12-19)17-6-7-22(25)20(11-17)16-4-5-16/h6-12,16H,4-5,13H2,1-3H3,(H2,26,27)/t24-/m0/s1. The molecule has 1 saturated carbocycles. The molecule has 0 saturated heterocycles. The lowest BCUT2D eigenvalue weighted by atomic mass is 9.83. The number of carbonyl (C=O) groups excluding carboxylic acids is 1. The second kappa shape index (κ2) is 7.45. The summed E-state index contributed by atoms with van der Waals surface area (Å²) < 4.78 is 1.24. The number of Topliss-reactive ketones (excluding diaryl/α,β-unsaturated/α-hetero) is 1. The first kappa shape index (κ1) is 19.9. The van der Waals surface area contributed by atoms with E-state index in [0.717, 1.165) is 27.5 Å². The summed E-state index contributed by atoms with van der Waals surface area (Å²) in [5.74, 6) is 1.15. The van der Waals surface area contributed by atoms with Gasteiger partial charge in [-0.2, -0.15) is 0 Å². The van der Waals surface area contributed by atoms with E-state index >= 15 is 0 Å². The highest BCUT2D eigenvalue weighted by Crippen LogP contribution is 2.43. The van der Waals surface area contributed by atoms with Gasteiger partial charge in [0.1, 0.15) is 13.6 Å². The third-order valence-corrected chi connectivity index (χ3v) is 6.57. The van der Waals surface area contributed by atoms with Crippen molar-refractivity contribution in [3.8, 4) is 11.1 Å². The van der Waals surface area contributed by atoms with E-state index in [1.807, 2.05) is 13.0 Å². The van der Waals surface area contributed by atoms with E-state index in [9.17, 15) is 4.79 Å². The summed E-state index contributed by atoms with van der Waals surface area (Å²) in [5.41, 5.74) is 10.7. The lowest BCUT2D eigenvalue weighted by Crippen LogP contribution is -2.26. The molecular weight excluding hydrogens is 375 g/mol. The number of nitrogens with zero attached hydrogens (tertiary/aromatic N) is 1. The van der Waals surface area contributed by atoms with Gasteiger partial charge in [-0.15, -0.1) is 11.3 Å². The number of rotatable bonds is 6. The fourth-order valence-electron chi connectivity index (χ4n) is 4.18. The second-order valence-electron chi connectivity index (χ2n) is 8.39. The molecule has 1 fully saturated rings. The van der Waals surface area contributed by atoms with E-state index in [2.05, 4.69) is 40.7 Å². The van der Waals surface area contributed by atoms with Crippen molar-refractivity contribution in [3.05, 3.63) is 52.9 Å². The largest absolute Gasteiger partial charge is 0.388 e. The van der Waals surface area contributed by atoms with E-state index in [1.54, 1.807) is 25.2 Å². The van der Waals surface area contributed by atoms with Crippen molar-refractivity contribution in [1.29, 1.82) is 0 Å². The van der Waals surface area contributed by atoms with Crippen molar-refractivity contribution in [2.75, 3.05) is 0 Å². The van der Waals surface area contributed by atoms with Crippen LogP contribution in [-0.4, -0.2) is 19.5 Å². The average molecular weight is 400 g/mol. The van der Waals surface area contributed by atoms with E-state index in [1.165, 1.54) is 23.1 Å². The zero-order valence-corrected chi connectivity index (χ0v) is 18.0. The minimum Gasteiger partial charge on any atom is -0.388 e. The molecule has 2 aromatic carbocycles.